The number of halogens is 1. The molecular formula is C21H36IN5. The minimum atomic E-state index is 0. The summed E-state index contributed by atoms with van der Waals surface area (Å²) in [5.41, 5.74) is 1.40. The van der Waals surface area contributed by atoms with Crippen LogP contribution in [0.1, 0.15) is 25.3 Å². The lowest BCUT2D eigenvalue weighted by atomic mass is 10.1. The van der Waals surface area contributed by atoms with E-state index in [1.165, 1.54) is 38.0 Å². The third-order valence-corrected chi connectivity index (χ3v) is 5.59. The normalized spacial score (nSPS) is 21.9. The van der Waals surface area contributed by atoms with Crippen LogP contribution in [0.5, 0.6) is 0 Å². The number of benzene rings is 1. The summed E-state index contributed by atoms with van der Waals surface area (Å²) in [6.45, 7) is 12.4. The fourth-order valence-corrected chi connectivity index (χ4v) is 4.13. The Morgan fingerprint density at radius 1 is 1.07 bits per heavy atom. The number of likely N-dealkylation sites (tertiary alicyclic amines) is 1. The molecule has 5 nitrogen and oxygen atoms in total. The largest absolute Gasteiger partial charge is 0.356 e. The zero-order chi connectivity index (χ0) is 18.2. The maximum atomic E-state index is 4.54. The highest BCUT2D eigenvalue weighted by Gasteiger charge is 2.24. The van der Waals surface area contributed by atoms with Crippen LogP contribution in [0.25, 0.3) is 0 Å². The monoisotopic (exact) mass is 485 g/mol. The van der Waals surface area contributed by atoms with Crippen molar-refractivity contribution in [3.63, 3.8) is 0 Å². The molecule has 152 valence electrons. The van der Waals surface area contributed by atoms with Gasteiger partial charge in [0, 0.05) is 52.9 Å². The molecule has 27 heavy (non-hydrogen) atoms. The van der Waals surface area contributed by atoms with E-state index >= 15 is 0 Å². The predicted molar refractivity (Wildman–Crippen MR) is 125 cm³/mol. The lowest BCUT2D eigenvalue weighted by molar-refractivity contribution is 0.172. The molecule has 2 saturated heterocycles. The van der Waals surface area contributed by atoms with Crippen molar-refractivity contribution in [3.05, 3.63) is 35.9 Å². The molecule has 0 aromatic heterocycles. The Morgan fingerprint density at radius 2 is 1.81 bits per heavy atom. The third kappa shape index (κ3) is 6.91. The number of rotatable bonds is 6. The molecule has 1 N–H and O–H groups in total. The quantitative estimate of drug-likeness (QED) is 0.382. The van der Waals surface area contributed by atoms with Gasteiger partial charge in [-0.2, -0.15) is 0 Å². The van der Waals surface area contributed by atoms with E-state index in [0.29, 0.717) is 0 Å². The Bertz CT molecular complexity index is 557. The van der Waals surface area contributed by atoms with E-state index in [1.807, 2.05) is 7.05 Å². The van der Waals surface area contributed by atoms with Crippen LogP contribution in [0.3, 0.4) is 0 Å². The van der Waals surface area contributed by atoms with Gasteiger partial charge in [0.15, 0.2) is 5.96 Å². The first-order valence-electron chi connectivity index (χ1n) is 10.2. The molecular weight excluding hydrogens is 449 g/mol. The highest BCUT2D eigenvalue weighted by Crippen LogP contribution is 2.15. The highest BCUT2D eigenvalue weighted by atomic mass is 127. The van der Waals surface area contributed by atoms with Gasteiger partial charge in [0.05, 0.1) is 0 Å². The van der Waals surface area contributed by atoms with Gasteiger partial charge in [-0.05, 0) is 37.4 Å². The molecule has 0 spiro atoms. The van der Waals surface area contributed by atoms with E-state index < -0.39 is 0 Å². The Labute approximate surface area is 182 Å². The summed E-state index contributed by atoms with van der Waals surface area (Å²) in [4.78, 5) is 12.1. The standard InChI is InChI=1S/C21H35N5.HI/c1-3-10-24-11-9-20(18-24)16-23-21(22-2)26-14-12-25(13-15-26)17-19-7-5-4-6-8-19;/h4-8,20H,3,9-18H2,1-2H3,(H,22,23);1H. The van der Waals surface area contributed by atoms with Gasteiger partial charge < -0.3 is 15.1 Å². The number of hydrogen-bond acceptors (Lipinski definition) is 3. The van der Waals surface area contributed by atoms with Crippen LogP contribution >= 0.6 is 24.0 Å². The molecule has 0 bridgehead atoms. The van der Waals surface area contributed by atoms with Gasteiger partial charge in [0.25, 0.3) is 0 Å². The summed E-state index contributed by atoms with van der Waals surface area (Å²) in [5.74, 6) is 1.84. The summed E-state index contributed by atoms with van der Waals surface area (Å²) >= 11 is 0. The molecule has 2 fully saturated rings. The van der Waals surface area contributed by atoms with Crippen molar-refractivity contribution in [2.45, 2.75) is 26.3 Å². The molecule has 2 aliphatic heterocycles. The number of guanidine groups is 1. The van der Waals surface area contributed by atoms with Crippen molar-refractivity contribution in [3.8, 4) is 0 Å². The number of piperazine rings is 1. The highest BCUT2D eigenvalue weighted by molar-refractivity contribution is 14.0. The number of nitrogens with zero attached hydrogens (tertiary/aromatic N) is 4. The molecule has 3 rings (SSSR count). The van der Waals surface area contributed by atoms with Crippen molar-refractivity contribution in [1.82, 2.24) is 20.0 Å². The van der Waals surface area contributed by atoms with E-state index in [9.17, 15) is 0 Å². The topological polar surface area (TPSA) is 34.1 Å². The van der Waals surface area contributed by atoms with E-state index in [2.05, 4.69) is 62.3 Å². The maximum Gasteiger partial charge on any atom is 0.193 e. The molecule has 0 amide bonds. The van der Waals surface area contributed by atoms with Crippen molar-refractivity contribution < 1.29 is 0 Å². The average Bonchev–Trinajstić information content (AvgIpc) is 3.12. The van der Waals surface area contributed by atoms with E-state index in [1.54, 1.807) is 0 Å². The SMILES string of the molecule is CCCN1CCC(CNC(=NC)N2CCN(Cc3ccccc3)CC2)C1.I. The fraction of sp³-hybridized carbons (Fsp3) is 0.667. The van der Waals surface area contributed by atoms with Gasteiger partial charge >= 0.3 is 0 Å². The van der Waals surface area contributed by atoms with Crippen LogP contribution in [-0.2, 0) is 6.54 Å². The zero-order valence-electron chi connectivity index (χ0n) is 16.9. The minimum Gasteiger partial charge on any atom is -0.356 e. The van der Waals surface area contributed by atoms with E-state index in [-0.39, 0.29) is 24.0 Å². The van der Waals surface area contributed by atoms with Crippen LogP contribution in [0, 0.1) is 5.92 Å². The first-order valence-corrected chi connectivity index (χ1v) is 10.2. The van der Waals surface area contributed by atoms with Gasteiger partial charge in [-0.1, -0.05) is 37.3 Å². The summed E-state index contributed by atoms with van der Waals surface area (Å²) in [6, 6.07) is 10.8. The molecule has 2 heterocycles. The number of aliphatic imine (C=N–C) groups is 1. The summed E-state index contributed by atoms with van der Waals surface area (Å²) in [6.07, 6.45) is 2.57. The fourth-order valence-electron chi connectivity index (χ4n) is 4.13. The molecule has 1 aromatic carbocycles. The first-order chi connectivity index (χ1) is 12.8. The molecule has 0 saturated carbocycles. The van der Waals surface area contributed by atoms with Crippen LogP contribution in [0.2, 0.25) is 0 Å². The van der Waals surface area contributed by atoms with Gasteiger partial charge in [-0.15, -0.1) is 24.0 Å². The Kier molecular flexibility index (Phi) is 9.86. The van der Waals surface area contributed by atoms with E-state index in [0.717, 1.165) is 51.1 Å². The van der Waals surface area contributed by atoms with Gasteiger partial charge in [-0.3, -0.25) is 9.89 Å². The summed E-state index contributed by atoms with van der Waals surface area (Å²) < 4.78 is 0. The summed E-state index contributed by atoms with van der Waals surface area (Å²) in [5, 5.41) is 3.64. The Hall–Kier alpha value is -0.860. The van der Waals surface area contributed by atoms with Crippen molar-refractivity contribution in [2.75, 3.05) is 59.4 Å². The minimum absolute atomic E-state index is 0. The first kappa shape index (κ1) is 22.4. The molecule has 6 heteroatoms. The smallest absolute Gasteiger partial charge is 0.193 e. The molecule has 1 aromatic rings. The van der Waals surface area contributed by atoms with Crippen molar-refractivity contribution in [2.24, 2.45) is 10.9 Å². The number of nitrogens with one attached hydrogen (secondary N) is 1. The zero-order valence-corrected chi connectivity index (χ0v) is 19.3. The van der Waals surface area contributed by atoms with Gasteiger partial charge in [-0.25, -0.2) is 0 Å². The predicted octanol–water partition coefficient (Wildman–Crippen LogP) is 2.73. The lowest BCUT2D eigenvalue weighted by Crippen LogP contribution is -2.52. The van der Waals surface area contributed by atoms with Gasteiger partial charge in [0.1, 0.15) is 0 Å². The van der Waals surface area contributed by atoms with Gasteiger partial charge in [0.2, 0.25) is 0 Å². The number of hydrogen-bond donors (Lipinski definition) is 1. The van der Waals surface area contributed by atoms with Crippen LogP contribution in [-0.4, -0.2) is 80.1 Å². The van der Waals surface area contributed by atoms with Crippen LogP contribution in [0.15, 0.2) is 35.3 Å². The molecule has 2 aliphatic rings. The maximum absolute atomic E-state index is 4.54. The summed E-state index contributed by atoms with van der Waals surface area (Å²) in [7, 11) is 1.91. The van der Waals surface area contributed by atoms with Crippen LogP contribution < -0.4 is 5.32 Å². The van der Waals surface area contributed by atoms with Crippen molar-refractivity contribution >= 4 is 29.9 Å². The van der Waals surface area contributed by atoms with Crippen LogP contribution in [0.4, 0.5) is 0 Å². The second-order valence-corrected chi connectivity index (χ2v) is 7.63. The molecule has 0 aliphatic carbocycles. The molecule has 1 atom stereocenters. The molecule has 1 unspecified atom stereocenters. The Morgan fingerprint density at radius 3 is 2.48 bits per heavy atom. The molecule has 0 radical (unpaired) electrons. The van der Waals surface area contributed by atoms with Crippen molar-refractivity contribution in [1.29, 1.82) is 0 Å². The lowest BCUT2D eigenvalue weighted by Gasteiger charge is -2.36. The third-order valence-electron chi connectivity index (χ3n) is 5.59. The average molecular weight is 485 g/mol. The second-order valence-electron chi connectivity index (χ2n) is 7.63. The van der Waals surface area contributed by atoms with E-state index in [4.69, 9.17) is 0 Å². The second kappa shape index (κ2) is 11.9. The Balaban J connectivity index is 0.00000261.